The Kier molecular flexibility index (Phi) is 5.38. The predicted octanol–water partition coefficient (Wildman–Crippen LogP) is 1.77. The second kappa shape index (κ2) is 6.36. The van der Waals surface area contributed by atoms with E-state index in [9.17, 15) is 13.2 Å². The largest absolute Gasteiger partial charge is 0.336 e. The topological polar surface area (TPSA) is 54.5 Å². The van der Waals surface area contributed by atoms with Gasteiger partial charge in [0.1, 0.15) is 5.75 Å². The van der Waals surface area contributed by atoms with Crippen molar-refractivity contribution in [3.05, 3.63) is 12.2 Å². The van der Waals surface area contributed by atoms with Gasteiger partial charge in [0.25, 0.3) is 0 Å². The van der Waals surface area contributed by atoms with Crippen LogP contribution >= 0.6 is 0 Å². The quantitative estimate of drug-likeness (QED) is 0.734. The molecule has 4 nitrogen and oxygen atoms in total. The van der Waals surface area contributed by atoms with Gasteiger partial charge in [-0.25, -0.2) is 8.42 Å². The number of allylic oxidation sites excluding steroid dienone is 1. The summed E-state index contributed by atoms with van der Waals surface area (Å²) >= 11 is 0. The zero-order valence-corrected chi connectivity index (χ0v) is 12.2. The fourth-order valence-electron chi connectivity index (χ4n) is 2.48. The minimum Gasteiger partial charge on any atom is -0.336 e. The summed E-state index contributed by atoms with van der Waals surface area (Å²) in [6.07, 6.45) is 6.30. The summed E-state index contributed by atoms with van der Waals surface area (Å²) in [7, 11) is -3.32. The molecule has 0 aromatic carbocycles. The van der Waals surface area contributed by atoms with Crippen LogP contribution in [0.1, 0.15) is 40.0 Å². The van der Waals surface area contributed by atoms with Crippen LogP contribution in [0.4, 0.5) is 0 Å². The lowest BCUT2D eigenvalue weighted by Gasteiger charge is -2.39. The van der Waals surface area contributed by atoms with Crippen LogP contribution in [0.5, 0.6) is 0 Å². The highest BCUT2D eigenvalue weighted by molar-refractivity contribution is 7.92. The molecule has 0 aromatic heterocycles. The third-order valence-corrected chi connectivity index (χ3v) is 4.80. The van der Waals surface area contributed by atoms with E-state index in [1.54, 1.807) is 24.0 Å². The first kappa shape index (κ1) is 15.2. The van der Waals surface area contributed by atoms with Crippen molar-refractivity contribution >= 4 is 15.7 Å². The Morgan fingerprint density at radius 1 is 1.28 bits per heavy atom. The molecule has 104 valence electrons. The number of sulfone groups is 1. The number of nitrogens with zero attached hydrogens (tertiary/aromatic N) is 1. The van der Waals surface area contributed by atoms with Crippen LogP contribution in [0.2, 0.25) is 0 Å². The van der Waals surface area contributed by atoms with Crippen molar-refractivity contribution in [1.82, 2.24) is 4.90 Å². The number of carbonyl (C=O) groups excluding carboxylic acids is 1. The number of hydrogen-bond acceptors (Lipinski definition) is 3. The van der Waals surface area contributed by atoms with Gasteiger partial charge in [0.2, 0.25) is 5.91 Å². The fraction of sp³-hybridized carbons (Fsp3) is 0.769. The Balaban J connectivity index is 2.69. The van der Waals surface area contributed by atoms with E-state index >= 15 is 0 Å². The van der Waals surface area contributed by atoms with Crippen molar-refractivity contribution < 1.29 is 13.2 Å². The predicted molar refractivity (Wildman–Crippen MR) is 73.1 cm³/mol. The Bertz CT molecular complexity index is 404. The van der Waals surface area contributed by atoms with E-state index in [1.165, 1.54) is 0 Å². The molecule has 0 aromatic rings. The van der Waals surface area contributed by atoms with E-state index in [0.717, 1.165) is 19.3 Å². The van der Waals surface area contributed by atoms with Crippen molar-refractivity contribution in [2.75, 3.05) is 11.5 Å². The van der Waals surface area contributed by atoms with Gasteiger partial charge in [-0.2, -0.15) is 0 Å². The highest BCUT2D eigenvalue weighted by Gasteiger charge is 2.31. The number of rotatable bonds is 4. The Morgan fingerprint density at radius 3 is 2.33 bits per heavy atom. The molecule has 0 spiro atoms. The molecular weight excluding hydrogens is 250 g/mol. The normalized spacial score (nSPS) is 25.6. The van der Waals surface area contributed by atoms with E-state index in [-0.39, 0.29) is 29.5 Å². The molecule has 1 aliphatic heterocycles. The third kappa shape index (κ3) is 4.12. The van der Waals surface area contributed by atoms with Gasteiger partial charge in [-0.05, 0) is 40.0 Å². The fourth-order valence-corrected chi connectivity index (χ4v) is 3.61. The molecule has 1 heterocycles. The molecule has 0 bridgehead atoms. The van der Waals surface area contributed by atoms with Gasteiger partial charge >= 0.3 is 0 Å². The lowest BCUT2D eigenvalue weighted by atomic mass is 9.98. The van der Waals surface area contributed by atoms with Crippen LogP contribution in [-0.4, -0.2) is 42.8 Å². The maximum absolute atomic E-state index is 12.1. The summed E-state index contributed by atoms with van der Waals surface area (Å²) in [4.78, 5) is 13.9. The van der Waals surface area contributed by atoms with E-state index in [2.05, 4.69) is 0 Å². The minimum atomic E-state index is -3.32. The SMILES string of the molecule is CC=CCS(=O)(=O)CC(=O)N1C(C)CCCC1C. The summed E-state index contributed by atoms with van der Waals surface area (Å²) in [5.41, 5.74) is 0. The van der Waals surface area contributed by atoms with Gasteiger partial charge in [0.15, 0.2) is 9.84 Å². The summed E-state index contributed by atoms with van der Waals surface area (Å²) in [6, 6.07) is 0.302. The number of carbonyl (C=O) groups is 1. The van der Waals surface area contributed by atoms with Crippen LogP contribution in [-0.2, 0) is 14.6 Å². The molecule has 5 heteroatoms. The monoisotopic (exact) mass is 273 g/mol. The molecule has 1 rings (SSSR count). The van der Waals surface area contributed by atoms with E-state index < -0.39 is 9.84 Å². The van der Waals surface area contributed by atoms with Crippen molar-refractivity contribution in [2.24, 2.45) is 0 Å². The van der Waals surface area contributed by atoms with Gasteiger partial charge in [0.05, 0.1) is 5.75 Å². The minimum absolute atomic E-state index is 0.0498. The van der Waals surface area contributed by atoms with Crippen LogP contribution in [0.25, 0.3) is 0 Å². The highest BCUT2D eigenvalue weighted by Crippen LogP contribution is 2.22. The van der Waals surface area contributed by atoms with Crippen molar-refractivity contribution in [3.8, 4) is 0 Å². The average molecular weight is 273 g/mol. The molecule has 0 radical (unpaired) electrons. The lowest BCUT2D eigenvalue weighted by molar-refractivity contribution is -0.134. The zero-order chi connectivity index (χ0) is 13.8. The highest BCUT2D eigenvalue weighted by atomic mass is 32.2. The maximum Gasteiger partial charge on any atom is 0.238 e. The number of likely N-dealkylation sites (tertiary alicyclic amines) is 1. The average Bonchev–Trinajstić information content (AvgIpc) is 2.25. The van der Waals surface area contributed by atoms with Crippen LogP contribution in [0.15, 0.2) is 12.2 Å². The van der Waals surface area contributed by atoms with Crippen molar-refractivity contribution in [3.63, 3.8) is 0 Å². The molecule has 2 unspecified atom stereocenters. The molecule has 1 saturated heterocycles. The lowest BCUT2D eigenvalue weighted by Crippen LogP contribution is -2.49. The van der Waals surface area contributed by atoms with Gasteiger partial charge < -0.3 is 4.90 Å². The van der Waals surface area contributed by atoms with Gasteiger partial charge in [0, 0.05) is 12.1 Å². The van der Waals surface area contributed by atoms with Crippen LogP contribution in [0, 0.1) is 0 Å². The third-order valence-electron chi connectivity index (χ3n) is 3.41. The second-order valence-corrected chi connectivity index (χ2v) is 7.16. The maximum atomic E-state index is 12.1. The first-order valence-electron chi connectivity index (χ1n) is 6.50. The first-order valence-corrected chi connectivity index (χ1v) is 8.32. The standard InChI is InChI=1S/C13H23NO3S/c1-4-5-9-18(16,17)10-13(15)14-11(2)7-6-8-12(14)3/h4-5,11-12H,6-10H2,1-3H3. The molecule has 18 heavy (non-hydrogen) atoms. The molecule has 1 aliphatic rings. The van der Waals surface area contributed by atoms with E-state index in [4.69, 9.17) is 0 Å². The van der Waals surface area contributed by atoms with Crippen LogP contribution < -0.4 is 0 Å². The molecule has 0 N–H and O–H groups in total. The molecule has 1 amide bonds. The molecular formula is C13H23NO3S. The van der Waals surface area contributed by atoms with Crippen LogP contribution in [0.3, 0.4) is 0 Å². The summed E-state index contributed by atoms with van der Waals surface area (Å²) in [6.45, 7) is 5.75. The summed E-state index contributed by atoms with van der Waals surface area (Å²) < 4.78 is 23.5. The molecule has 0 aliphatic carbocycles. The number of hydrogen-bond donors (Lipinski definition) is 0. The summed E-state index contributed by atoms with van der Waals surface area (Å²) in [5.74, 6) is -0.670. The van der Waals surface area contributed by atoms with E-state index in [1.807, 2.05) is 13.8 Å². The van der Waals surface area contributed by atoms with Gasteiger partial charge in [-0.3, -0.25) is 4.79 Å². The van der Waals surface area contributed by atoms with Gasteiger partial charge in [-0.15, -0.1) is 0 Å². The second-order valence-electron chi connectivity index (χ2n) is 5.05. The molecule has 0 saturated carbocycles. The van der Waals surface area contributed by atoms with Gasteiger partial charge in [-0.1, -0.05) is 12.2 Å². The molecule has 2 atom stereocenters. The number of amides is 1. The molecule has 1 fully saturated rings. The Labute approximate surface area is 110 Å². The van der Waals surface area contributed by atoms with Crippen molar-refractivity contribution in [2.45, 2.75) is 52.1 Å². The Morgan fingerprint density at radius 2 is 1.83 bits per heavy atom. The van der Waals surface area contributed by atoms with Crippen molar-refractivity contribution in [1.29, 1.82) is 0 Å². The Hall–Kier alpha value is -0.840. The first-order chi connectivity index (χ1) is 8.37. The smallest absolute Gasteiger partial charge is 0.238 e. The zero-order valence-electron chi connectivity index (χ0n) is 11.4. The van der Waals surface area contributed by atoms with E-state index in [0.29, 0.717) is 0 Å². The number of piperidine rings is 1. The summed E-state index contributed by atoms with van der Waals surface area (Å²) in [5, 5.41) is 0.